The molecule has 3 aromatic heterocycles. The standard InChI is InChI=1S/C20H24N4O5/c1-20(2,3)28-19(26)24-8-5-12(6-9-24)10-15-22-18(29-23-15)17-16(25)13-11-21-7-4-14(13)27-17/h4,7,11-12,25H,5-6,8-10H2,1-3H3. The lowest BCUT2D eigenvalue weighted by Crippen LogP contribution is -2.42. The fourth-order valence-electron chi connectivity index (χ4n) is 3.41. The largest absolute Gasteiger partial charge is 0.504 e. The predicted molar refractivity (Wildman–Crippen MR) is 103 cm³/mol. The molecule has 1 amide bonds. The Morgan fingerprint density at radius 3 is 2.79 bits per heavy atom. The average Bonchev–Trinajstić information content (AvgIpc) is 3.26. The van der Waals surface area contributed by atoms with Crippen LogP contribution in [0.3, 0.4) is 0 Å². The highest BCUT2D eigenvalue weighted by atomic mass is 16.6. The van der Waals surface area contributed by atoms with Gasteiger partial charge in [0, 0.05) is 31.9 Å². The molecule has 4 rings (SSSR count). The van der Waals surface area contributed by atoms with Crippen LogP contribution in [0.25, 0.3) is 22.6 Å². The summed E-state index contributed by atoms with van der Waals surface area (Å²) >= 11 is 0. The molecule has 3 aromatic rings. The molecule has 0 spiro atoms. The molecule has 0 unspecified atom stereocenters. The Labute approximate surface area is 167 Å². The third-order valence-corrected chi connectivity index (χ3v) is 4.86. The number of aromatic hydroxyl groups is 1. The number of amides is 1. The Balaban J connectivity index is 1.38. The summed E-state index contributed by atoms with van der Waals surface area (Å²) in [5, 5.41) is 14.8. The summed E-state index contributed by atoms with van der Waals surface area (Å²) < 4.78 is 16.3. The van der Waals surface area contributed by atoms with E-state index >= 15 is 0 Å². The number of hydrogen-bond donors (Lipinski definition) is 1. The number of aromatic nitrogens is 3. The Hall–Kier alpha value is -3.10. The van der Waals surface area contributed by atoms with Crippen LogP contribution in [0.4, 0.5) is 4.79 Å². The molecule has 4 heterocycles. The van der Waals surface area contributed by atoms with E-state index in [1.54, 1.807) is 17.2 Å². The van der Waals surface area contributed by atoms with Crippen molar-refractivity contribution in [2.45, 2.75) is 45.6 Å². The molecular weight excluding hydrogens is 376 g/mol. The SMILES string of the molecule is CC(C)(C)OC(=O)N1CCC(Cc2noc(-c3oc4ccncc4c3O)n2)CC1. The van der Waals surface area contributed by atoms with Gasteiger partial charge in [0.15, 0.2) is 11.6 Å². The molecule has 1 N–H and O–H groups in total. The van der Waals surface area contributed by atoms with Crippen molar-refractivity contribution in [3.63, 3.8) is 0 Å². The number of fused-ring (bicyclic) bond motifs is 1. The van der Waals surface area contributed by atoms with Gasteiger partial charge in [-0.05, 0) is 45.6 Å². The van der Waals surface area contributed by atoms with Crippen LogP contribution in [0.15, 0.2) is 27.4 Å². The summed E-state index contributed by atoms with van der Waals surface area (Å²) in [6.07, 6.45) is 5.14. The number of likely N-dealkylation sites (tertiary alicyclic amines) is 1. The van der Waals surface area contributed by atoms with Gasteiger partial charge in [-0.15, -0.1) is 0 Å². The summed E-state index contributed by atoms with van der Waals surface area (Å²) in [5.74, 6) is 1.11. The van der Waals surface area contributed by atoms with Gasteiger partial charge in [-0.1, -0.05) is 5.16 Å². The number of hydrogen-bond acceptors (Lipinski definition) is 8. The van der Waals surface area contributed by atoms with E-state index in [1.807, 2.05) is 20.8 Å². The number of carbonyl (C=O) groups is 1. The summed E-state index contributed by atoms with van der Waals surface area (Å²) in [7, 11) is 0. The van der Waals surface area contributed by atoms with Gasteiger partial charge >= 0.3 is 6.09 Å². The molecule has 0 bridgehead atoms. The van der Waals surface area contributed by atoms with Crippen LogP contribution in [0.2, 0.25) is 0 Å². The van der Waals surface area contributed by atoms with Gasteiger partial charge in [0.1, 0.15) is 11.2 Å². The molecular formula is C20H24N4O5. The Morgan fingerprint density at radius 2 is 2.10 bits per heavy atom. The molecule has 1 aliphatic heterocycles. The van der Waals surface area contributed by atoms with Crippen molar-refractivity contribution in [2.75, 3.05) is 13.1 Å². The molecule has 154 valence electrons. The quantitative estimate of drug-likeness (QED) is 0.706. The molecule has 1 fully saturated rings. The van der Waals surface area contributed by atoms with Crippen molar-refractivity contribution in [1.82, 2.24) is 20.0 Å². The second-order valence-corrected chi connectivity index (χ2v) is 8.28. The first-order chi connectivity index (χ1) is 13.8. The number of rotatable bonds is 3. The zero-order valence-electron chi connectivity index (χ0n) is 16.7. The highest BCUT2D eigenvalue weighted by Gasteiger charge is 2.28. The van der Waals surface area contributed by atoms with E-state index in [9.17, 15) is 9.90 Å². The van der Waals surface area contributed by atoms with Crippen molar-refractivity contribution in [3.8, 4) is 17.4 Å². The van der Waals surface area contributed by atoms with Crippen LogP contribution < -0.4 is 0 Å². The molecule has 0 aliphatic carbocycles. The third-order valence-electron chi connectivity index (χ3n) is 4.86. The lowest BCUT2D eigenvalue weighted by Gasteiger charge is -2.33. The van der Waals surface area contributed by atoms with Gasteiger partial charge in [0.2, 0.25) is 5.76 Å². The van der Waals surface area contributed by atoms with E-state index in [-0.39, 0.29) is 23.5 Å². The minimum absolute atomic E-state index is 0.0611. The molecule has 0 aromatic carbocycles. The molecule has 0 radical (unpaired) electrons. The van der Waals surface area contributed by atoms with E-state index in [1.165, 1.54) is 6.20 Å². The first-order valence-corrected chi connectivity index (χ1v) is 9.66. The van der Waals surface area contributed by atoms with Crippen LogP contribution in [-0.4, -0.2) is 49.9 Å². The van der Waals surface area contributed by atoms with E-state index in [0.717, 1.165) is 12.8 Å². The fraction of sp³-hybridized carbons (Fsp3) is 0.500. The van der Waals surface area contributed by atoms with Crippen LogP contribution in [0.5, 0.6) is 5.75 Å². The van der Waals surface area contributed by atoms with E-state index in [2.05, 4.69) is 15.1 Å². The maximum atomic E-state index is 12.2. The topological polar surface area (TPSA) is 115 Å². The number of carbonyl (C=O) groups excluding carboxylic acids is 1. The number of piperidine rings is 1. The van der Waals surface area contributed by atoms with Gasteiger partial charge in [-0.25, -0.2) is 4.79 Å². The molecule has 29 heavy (non-hydrogen) atoms. The maximum Gasteiger partial charge on any atom is 0.410 e. The van der Waals surface area contributed by atoms with Crippen LogP contribution in [0.1, 0.15) is 39.4 Å². The maximum absolute atomic E-state index is 12.2. The summed E-state index contributed by atoms with van der Waals surface area (Å²) in [4.78, 5) is 22.3. The zero-order chi connectivity index (χ0) is 20.6. The van der Waals surface area contributed by atoms with Crippen LogP contribution in [-0.2, 0) is 11.2 Å². The first kappa shape index (κ1) is 19.2. The number of furan rings is 1. The molecule has 9 heteroatoms. The van der Waals surface area contributed by atoms with Gasteiger partial charge in [-0.3, -0.25) is 4.98 Å². The van der Waals surface area contributed by atoms with Crippen molar-refractivity contribution in [3.05, 3.63) is 24.3 Å². The van der Waals surface area contributed by atoms with Crippen molar-refractivity contribution >= 4 is 17.1 Å². The second-order valence-electron chi connectivity index (χ2n) is 8.28. The Kier molecular flexibility index (Phi) is 4.89. The molecule has 9 nitrogen and oxygen atoms in total. The molecule has 0 saturated carbocycles. The lowest BCUT2D eigenvalue weighted by molar-refractivity contribution is 0.0183. The normalized spacial score (nSPS) is 15.8. The summed E-state index contributed by atoms with van der Waals surface area (Å²) in [6.45, 7) is 6.87. The van der Waals surface area contributed by atoms with Gasteiger partial charge < -0.3 is 23.7 Å². The van der Waals surface area contributed by atoms with Crippen molar-refractivity contribution < 1.29 is 23.6 Å². The first-order valence-electron chi connectivity index (χ1n) is 9.66. The Bertz CT molecular complexity index is 1010. The number of ether oxygens (including phenoxy) is 1. The zero-order valence-corrected chi connectivity index (χ0v) is 16.7. The van der Waals surface area contributed by atoms with Crippen LogP contribution in [0, 0.1) is 5.92 Å². The van der Waals surface area contributed by atoms with E-state index in [0.29, 0.717) is 42.2 Å². The van der Waals surface area contributed by atoms with Crippen molar-refractivity contribution in [2.24, 2.45) is 5.92 Å². The Morgan fingerprint density at radius 1 is 1.34 bits per heavy atom. The number of nitrogens with zero attached hydrogens (tertiary/aromatic N) is 4. The van der Waals surface area contributed by atoms with Crippen molar-refractivity contribution in [1.29, 1.82) is 0 Å². The van der Waals surface area contributed by atoms with Gasteiger partial charge in [-0.2, -0.15) is 4.98 Å². The molecule has 1 aliphatic rings. The highest BCUT2D eigenvalue weighted by molar-refractivity contribution is 5.88. The second kappa shape index (κ2) is 7.38. The number of pyridine rings is 1. The van der Waals surface area contributed by atoms with E-state index in [4.69, 9.17) is 13.7 Å². The third kappa shape index (κ3) is 4.18. The summed E-state index contributed by atoms with van der Waals surface area (Å²) in [6, 6.07) is 1.66. The minimum Gasteiger partial charge on any atom is -0.504 e. The monoisotopic (exact) mass is 400 g/mol. The summed E-state index contributed by atoms with van der Waals surface area (Å²) in [5.41, 5.74) is 0.00882. The van der Waals surface area contributed by atoms with Crippen LogP contribution >= 0.6 is 0 Å². The minimum atomic E-state index is -0.493. The molecule has 1 saturated heterocycles. The average molecular weight is 400 g/mol. The van der Waals surface area contributed by atoms with E-state index < -0.39 is 5.60 Å². The fourth-order valence-corrected chi connectivity index (χ4v) is 3.41. The lowest BCUT2D eigenvalue weighted by atomic mass is 9.93. The highest BCUT2D eigenvalue weighted by Crippen LogP contribution is 2.37. The van der Waals surface area contributed by atoms with Gasteiger partial charge in [0.25, 0.3) is 5.89 Å². The molecule has 0 atom stereocenters. The van der Waals surface area contributed by atoms with Gasteiger partial charge in [0.05, 0.1) is 5.39 Å². The smallest absolute Gasteiger partial charge is 0.410 e. The predicted octanol–water partition coefficient (Wildman–Crippen LogP) is 3.77.